The van der Waals surface area contributed by atoms with E-state index in [0.29, 0.717) is 19.1 Å². The number of halogens is 1. The van der Waals surface area contributed by atoms with Crippen LogP contribution >= 0.6 is 11.6 Å². The van der Waals surface area contributed by atoms with Gasteiger partial charge in [-0.15, -0.1) is 0 Å². The quantitative estimate of drug-likeness (QED) is 0.892. The van der Waals surface area contributed by atoms with Crippen LogP contribution in [0.3, 0.4) is 0 Å². The number of carbonyl (C=O) groups excluding carboxylic acids is 1. The molecule has 0 bridgehead atoms. The summed E-state index contributed by atoms with van der Waals surface area (Å²) in [5.74, 6) is 0.515. The molecule has 1 amide bonds. The average molecular weight is 295 g/mol. The van der Waals surface area contributed by atoms with E-state index in [1.807, 2.05) is 24.3 Å². The first-order valence-electron chi connectivity index (χ1n) is 7.12. The highest BCUT2D eigenvalue weighted by molar-refractivity contribution is 6.30. The first-order chi connectivity index (χ1) is 9.74. The molecular weight excluding hydrogens is 276 g/mol. The normalized spacial score (nSPS) is 24.1. The second-order valence-electron chi connectivity index (χ2n) is 5.44. The Morgan fingerprint density at radius 2 is 2.10 bits per heavy atom. The Morgan fingerprint density at radius 1 is 1.35 bits per heavy atom. The molecule has 1 aliphatic carbocycles. The van der Waals surface area contributed by atoms with Gasteiger partial charge in [0.2, 0.25) is 0 Å². The van der Waals surface area contributed by atoms with Crippen LogP contribution in [0.15, 0.2) is 24.3 Å². The molecule has 1 aromatic rings. The van der Waals surface area contributed by atoms with Crippen molar-refractivity contribution in [3.63, 3.8) is 0 Å². The van der Waals surface area contributed by atoms with E-state index in [4.69, 9.17) is 16.3 Å². The molecule has 2 atom stereocenters. The van der Waals surface area contributed by atoms with Crippen molar-refractivity contribution in [1.82, 2.24) is 10.6 Å². The van der Waals surface area contributed by atoms with Crippen molar-refractivity contribution >= 4 is 17.5 Å². The molecule has 20 heavy (non-hydrogen) atoms. The Kier molecular flexibility index (Phi) is 4.24. The van der Waals surface area contributed by atoms with Gasteiger partial charge in [0.15, 0.2) is 0 Å². The van der Waals surface area contributed by atoms with Crippen LogP contribution in [-0.4, -0.2) is 31.7 Å². The largest absolute Gasteiger partial charge is 0.366 e. The molecule has 5 heteroatoms. The van der Waals surface area contributed by atoms with Crippen LogP contribution in [0.2, 0.25) is 5.02 Å². The molecule has 2 unspecified atom stereocenters. The Hall–Kier alpha value is -1.10. The fourth-order valence-corrected chi connectivity index (χ4v) is 2.68. The number of rotatable bonds is 4. The summed E-state index contributed by atoms with van der Waals surface area (Å²) in [6.07, 6.45) is 1.95. The summed E-state index contributed by atoms with van der Waals surface area (Å²) in [7, 11) is 0. The van der Waals surface area contributed by atoms with Crippen molar-refractivity contribution in [2.45, 2.75) is 25.0 Å². The SMILES string of the molecule is O=C(NC(c1ccc(Cl)cc1)C1CC1)C1CNCCO1. The molecule has 2 N–H and O–H groups in total. The van der Waals surface area contributed by atoms with Gasteiger partial charge in [-0.25, -0.2) is 0 Å². The molecule has 0 spiro atoms. The molecule has 1 aliphatic heterocycles. The number of carbonyl (C=O) groups is 1. The van der Waals surface area contributed by atoms with Crippen LogP contribution < -0.4 is 10.6 Å². The Labute approximate surface area is 123 Å². The zero-order valence-electron chi connectivity index (χ0n) is 11.3. The van der Waals surface area contributed by atoms with E-state index in [1.54, 1.807) is 0 Å². The summed E-state index contributed by atoms with van der Waals surface area (Å²) >= 11 is 5.92. The molecule has 0 aromatic heterocycles. The molecule has 4 nitrogen and oxygen atoms in total. The lowest BCUT2D eigenvalue weighted by Crippen LogP contribution is -2.48. The van der Waals surface area contributed by atoms with Gasteiger partial charge >= 0.3 is 0 Å². The van der Waals surface area contributed by atoms with Gasteiger partial charge in [-0.2, -0.15) is 0 Å². The van der Waals surface area contributed by atoms with Crippen LogP contribution in [-0.2, 0) is 9.53 Å². The lowest BCUT2D eigenvalue weighted by atomic mass is 10.0. The van der Waals surface area contributed by atoms with E-state index < -0.39 is 0 Å². The summed E-state index contributed by atoms with van der Waals surface area (Å²) in [4.78, 5) is 12.3. The fraction of sp³-hybridized carbons (Fsp3) is 0.533. The van der Waals surface area contributed by atoms with E-state index in [2.05, 4.69) is 10.6 Å². The minimum Gasteiger partial charge on any atom is -0.366 e. The zero-order valence-corrected chi connectivity index (χ0v) is 12.0. The molecule has 2 aliphatic rings. The number of amides is 1. The Balaban J connectivity index is 1.68. The Morgan fingerprint density at radius 3 is 2.70 bits per heavy atom. The minimum absolute atomic E-state index is 0.0240. The van der Waals surface area contributed by atoms with Gasteiger partial charge in [-0.1, -0.05) is 23.7 Å². The average Bonchev–Trinajstić information content (AvgIpc) is 3.31. The monoisotopic (exact) mass is 294 g/mol. The van der Waals surface area contributed by atoms with Gasteiger partial charge in [0.25, 0.3) is 5.91 Å². The number of hydrogen-bond donors (Lipinski definition) is 2. The predicted molar refractivity (Wildman–Crippen MR) is 77.7 cm³/mol. The Bertz CT molecular complexity index is 467. The van der Waals surface area contributed by atoms with Crippen molar-refractivity contribution in [1.29, 1.82) is 0 Å². The number of benzene rings is 1. The molecule has 1 heterocycles. The number of nitrogens with one attached hydrogen (secondary N) is 2. The first-order valence-corrected chi connectivity index (χ1v) is 7.50. The highest BCUT2D eigenvalue weighted by Gasteiger charge is 2.35. The van der Waals surface area contributed by atoms with Crippen molar-refractivity contribution in [2.24, 2.45) is 5.92 Å². The lowest BCUT2D eigenvalue weighted by Gasteiger charge is -2.26. The molecule has 1 saturated carbocycles. The van der Waals surface area contributed by atoms with E-state index in [9.17, 15) is 4.79 Å². The van der Waals surface area contributed by atoms with Crippen LogP contribution in [0.25, 0.3) is 0 Å². The van der Waals surface area contributed by atoms with Gasteiger partial charge in [-0.3, -0.25) is 4.79 Å². The van der Waals surface area contributed by atoms with Gasteiger partial charge in [-0.05, 0) is 36.5 Å². The summed E-state index contributed by atoms with van der Waals surface area (Å²) < 4.78 is 5.50. The lowest BCUT2D eigenvalue weighted by molar-refractivity contribution is -0.135. The number of hydrogen-bond acceptors (Lipinski definition) is 3. The molecule has 108 valence electrons. The third-order valence-corrected chi connectivity index (χ3v) is 4.09. The standard InChI is InChI=1S/C15H19ClN2O2/c16-12-5-3-11(4-6-12)14(10-1-2-10)18-15(19)13-9-17-7-8-20-13/h3-6,10,13-14,17H,1-2,7-9H2,(H,18,19). The molecule has 1 aromatic carbocycles. The number of ether oxygens (including phenoxy) is 1. The van der Waals surface area contributed by atoms with Crippen molar-refractivity contribution < 1.29 is 9.53 Å². The summed E-state index contributed by atoms with van der Waals surface area (Å²) in [6, 6.07) is 7.80. The van der Waals surface area contributed by atoms with E-state index in [0.717, 1.165) is 30.0 Å². The van der Waals surface area contributed by atoms with Crippen molar-refractivity contribution in [2.75, 3.05) is 19.7 Å². The van der Waals surface area contributed by atoms with Crippen molar-refractivity contribution in [3.8, 4) is 0 Å². The highest BCUT2D eigenvalue weighted by Crippen LogP contribution is 2.41. The molecule has 1 saturated heterocycles. The molecular formula is C15H19ClN2O2. The van der Waals surface area contributed by atoms with Crippen LogP contribution in [0, 0.1) is 5.92 Å². The van der Waals surface area contributed by atoms with Crippen molar-refractivity contribution in [3.05, 3.63) is 34.9 Å². The fourth-order valence-electron chi connectivity index (χ4n) is 2.55. The van der Waals surface area contributed by atoms with E-state index in [-0.39, 0.29) is 18.1 Å². The summed E-state index contributed by atoms with van der Waals surface area (Å²) in [5, 5.41) is 7.03. The van der Waals surface area contributed by atoms with Crippen LogP contribution in [0.4, 0.5) is 0 Å². The maximum Gasteiger partial charge on any atom is 0.250 e. The zero-order chi connectivity index (χ0) is 13.9. The second kappa shape index (κ2) is 6.12. The van der Waals surface area contributed by atoms with Gasteiger partial charge in [0, 0.05) is 18.1 Å². The first kappa shape index (κ1) is 13.9. The minimum atomic E-state index is -0.377. The van der Waals surface area contributed by atoms with Crippen LogP contribution in [0.1, 0.15) is 24.4 Å². The maximum absolute atomic E-state index is 12.3. The third-order valence-electron chi connectivity index (χ3n) is 3.84. The summed E-state index contributed by atoms with van der Waals surface area (Å²) in [5.41, 5.74) is 1.12. The topological polar surface area (TPSA) is 50.4 Å². The smallest absolute Gasteiger partial charge is 0.250 e. The summed E-state index contributed by atoms with van der Waals surface area (Å²) in [6.45, 7) is 1.99. The van der Waals surface area contributed by atoms with E-state index >= 15 is 0 Å². The van der Waals surface area contributed by atoms with Gasteiger partial charge in [0.05, 0.1) is 12.6 Å². The van der Waals surface area contributed by atoms with Gasteiger partial charge < -0.3 is 15.4 Å². The molecule has 2 fully saturated rings. The highest BCUT2D eigenvalue weighted by atomic mass is 35.5. The van der Waals surface area contributed by atoms with Gasteiger partial charge in [0.1, 0.15) is 6.10 Å². The predicted octanol–water partition coefficient (Wildman–Crippen LogP) is 1.90. The maximum atomic E-state index is 12.3. The number of morpholine rings is 1. The van der Waals surface area contributed by atoms with Crippen LogP contribution in [0.5, 0.6) is 0 Å². The third kappa shape index (κ3) is 3.32. The molecule has 0 radical (unpaired) electrons. The van der Waals surface area contributed by atoms with E-state index in [1.165, 1.54) is 0 Å². The second-order valence-corrected chi connectivity index (χ2v) is 5.88. The molecule has 3 rings (SSSR count).